The molecule has 3 amide bonds. The molecular weight excluding hydrogens is 400 g/mol. The van der Waals surface area contributed by atoms with Crippen molar-refractivity contribution in [3.63, 3.8) is 0 Å². The number of aromatic nitrogens is 1. The first kappa shape index (κ1) is 23.8. The minimum atomic E-state index is -0.726. The molecule has 0 fully saturated rings. The van der Waals surface area contributed by atoms with Crippen LogP contribution in [-0.2, 0) is 16.0 Å². The van der Waals surface area contributed by atoms with Crippen LogP contribution < -0.4 is 16.1 Å². The summed E-state index contributed by atoms with van der Waals surface area (Å²) in [4.78, 5) is 40.7. The zero-order valence-corrected chi connectivity index (χ0v) is 17.5. The molecule has 0 aliphatic rings. The Morgan fingerprint density at radius 3 is 2.61 bits per heavy atom. The van der Waals surface area contributed by atoms with Gasteiger partial charge in [-0.25, -0.2) is 10.3 Å². The number of unbranched alkanes of at least 4 members (excludes halogenated alkanes) is 1. The van der Waals surface area contributed by atoms with Gasteiger partial charge in [-0.2, -0.15) is 0 Å². The van der Waals surface area contributed by atoms with Crippen molar-refractivity contribution in [1.29, 1.82) is 0 Å². The van der Waals surface area contributed by atoms with Gasteiger partial charge >= 0.3 is 6.09 Å². The van der Waals surface area contributed by atoms with Crippen LogP contribution in [0.5, 0.6) is 0 Å². The fourth-order valence-electron chi connectivity index (χ4n) is 2.91. The standard InChI is InChI=1S/C22H28N4O5/c1-2-3-8-16(15-24-22(29)31-14-12-17-9-6-7-13-23-17)20(27)25-19-11-5-4-10-18(19)21(28)26-30/h4-7,9-11,13,16,30H,2-3,8,12,14-15H2,1H3,(H,24,29)(H,25,27)(H,26,28). The van der Waals surface area contributed by atoms with Gasteiger partial charge < -0.3 is 15.4 Å². The fraction of sp³-hybridized carbons (Fsp3) is 0.364. The van der Waals surface area contributed by atoms with E-state index in [0.29, 0.717) is 12.8 Å². The maximum Gasteiger partial charge on any atom is 0.407 e. The molecule has 0 radical (unpaired) electrons. The molecule has 0 spiro atoms. The number of ether oxygens (including phenoxy) is 1. The second-order valence-corrected chi connectivity index (χ2v) is 6.90. The Hall–Kier alpha value is -3.46. The number of alkyl carbamates (subject to hydrolysis) is 1. The smallest absolute Gasteiger partial charge is 0.407 e. The predicted molar refractivity (Wildman–Crippen MR) is 115 cm³/mol. The molecule has 2 rings (SSSR count). The number of amides is 3. The normalized spacial score (nSPS) is 11.3. The lowest BCUT2D eigenvalue weighted by Crippen LogP contribution is -2.36. The second kappa shape index (κ2) is 13.0. The van der Waals surface area contributed by atoms with E-state index in [2.05, 4.69) is 15.6 Å². The first-order valence-corrected chi connectivity index (χ1v) is 10.2. The molecule has 0 aliphatic carbocycles. The molecule has 0 aliphatic heterocycles. The number of carbonyl (C=O) groups excluding carboxylic acids is 3. The number of rotatable bonds is 11. The molecule has 2 aromatic rings. The summed E-state index contributed by atoms with van der Waals surface area (Å²) in [6.07, 6.45) is 3.82. The highest BCUT2D eigenvalue weighted by Gasteiger charge is 2.21. The molecule has 1 aromatic carbocycles. The lowest BCUT2D eigenvalue weighted by atomic mass is 10.0. The average molecular weight is 428 g/mol. The summed E-state index contributed by atoms with van der Waals surface area (Å²) in [5.41, 5.74) is 2.79. The predicted octanol–water partition coefficient (Wildman–Crippen LogP) is 2.91. The quantitative estimate of drug-likeness (QED) is 0.322. The minimum Gasteiger partial charge on any atom is -0.449 e. The molecule has 0 saturated heterocycles. The molecule has 4 N–H and O–H groups in total. The number of hydrogen-bond acceptors (Lipinski definition) is 6. The van der Waals surface area contributed by atoms with Crippen molar-refractivity contribution in [2.45, 2.75) is 32.6 Å². The van der Waals surface area contributed by atoms with Crippen LogP contribution in [0.1, 0.15) is 42.2 Å². The first-order chi connectivity index (χ1) is 15.0. The topological polar surface area (TPSA) is 130 Å². The van der Waals surface area contributed by atoms with E-state index in [-0.39, 0.29) is 30.3 Å². The number of hydrogen-bond donors (Lipinski definition) is 4. The van der Waals surface area contributed by atoms with Crippen molar-refractivity contribution in [3.05, 3.63) is 59.9 Å². The van der Waals surface area contributed by atoms with E-state index in [0.717, 1.165) is 18.5 Å². The van der Waals surface area contributed by atoms with Gasteiger partial charge in [0, 0.05) is 24.9 Å². The third-order valence-corrected chi connectivity index (χ3v) is 4.62. The van der Waals surface area contributed by atoms with Gasteiger partial charge in [0.15, 0.2) is 0 Å². The van der Waals surface area contributed by atoms with Crippen LogP contribution in [-0.4, -0.2) is 41.3 Å². The fourth-order valence-corrected chi connectivity index (χ4v) is 2.91. The van der Waals surface area contributed by atoms with Gasteiger partial charge in [-0.3, -0.25) is 19.8 Å². The van der Waals surface area contributed by atoms with Gasteiger partial charge in [-0.05, 0) is 30.7 Å². The van der Waals surface area contributed by atoms with Crippen molar-refractivity contribution >= 4 is 23.6 Å². The number of carbonyl (C=O) groups is 3. The summed E-state index contributed by atoms with van der Waals surface area (Å²) in [5, 5.41) is 14.2. The zero-order valence-electron chi connectivity index (χ0n) is 17.5. The number of hydroxylamine groups is 1. The van der Waals surface area contributed by atoms with Crippen molar-refractivity contribution in [1.82, 2.24) is 15.8 Å². The Morgan fingerprint density at radius 1 is 1.13 bits per heavy atom. The Bertz CT molecular complexity index is 860. The van der Waals surface area contributed by atoms with Crippen molar-refractivity contribution in [2.24, 2.45) is 5.92 Å². The van der Waals surface area contributed by atoms with E-state index in [1.807, 2.05) is 25.1 Å². The maximum absolute atomic E-state index is 12.8. The molecular formula is C22H28N4O5. The van der Waals surface area contributed by atoms with E-state index >= 15 is 0 Å². The lowest BCUT2D eigenvalue weighted by Gasteiger charge is -2.18. The van der Waals surface area contributed by atoms with Crippen LogP contribution in [0, 0.1) is 5.92 Å². The van der Waals surface area contributed by atoms with Crippen LogP contribution in [0.3, 0.4) is 0 Å². The van der Waals surface area contributed by atoms with E-state index in [1.54, 1.807) is 29.9 Å². The summed E-state index contributed by atoms with van der Waals surface area (Å²) < 4.78 is 5.16. The molecule has 0 bridgehead atoms. The first-order valence-electron chi connectivity index (χ1n) is 10.2. The highest BCUT2D eigenvalue weighted by Crippen LogP contribution is 2.18. The molecule has 9 heteroatoms. The maximum atomic E-state index is 12.8. The molecule has 1 unspecified atom stereocenters. The van der Waals surface area contributed by atoms with Crippen LogP contribution in [0.25, 0.3) is 0 Å². The van der Waals surface area contributed by atoms with Gasteiger partial charge in [0.2, 0.25) is 5.91 Å². The SMILES string of the molecule is CCCCC(CNC(=O)OCCc1ccccn1)C(=O)Nc1ccccc1C(=O)NO. The summed E-state index contributed by atoms with van der Waals surface area (Å²) >= 11 is 0. The van der Waals surface area contributed by atoms with Gasteiger partial charge in [-0.1, -0.05) is 38.0 Å². The number of para-hydroxylation sites is 1. The number of benzene rings is 1. The monoisotopic (exact) mass is 428 g/mol. The largest absolute Gasteiger partial charge is 0.449 e. The van der Waals surface area contributed by atoms with Gasteiger partial charge in [0.05, 0.1) is 23.8 Å². The van der Waals surface area contributed by atoms with Gasteiger partial charge in [0.1, 0.15) is 0 Å². The molecule has 1 heterocycles. The van der Waals surface area contributed by atoms with Crippen molar-refractivity contribution < 1.29 is 24.3 Å². The Balaban J connectivity index is 1.89. The summed E-state index contributed by atoms with van der Waals surface area (Å²) in [5.74, 6) is -1.57. The number of nitrogens with one attached hydrogen (secondary N) is 3. The van der Waals surface area contributed by atoms with Gasteiger partial charge in [0.25, 0.3) is 5.91 Å². The van der Waals surface area contributed by atoms with Gasteiger partial charge in [-0.15, -0.1) is 0 Å². The van der Waals surface area contributed by atoms with E-state index < -0.39 is 17.9 Å². The molecule has 0 saturated carbocycles. The third-order valence-electron chi connectivity index (χ3n) is 4.62. The number of pyridine rings is 1. The molecule has 9 nitrogen and oxygen atoms in total. The lowest BCUT2D eigenvalue weighted by molar-refractivity contribution is -0.119. The Labute approximate surface area is 181 Å². The van der Waals surface area contributed by atoms with Crippen LogP contribution in [0.4, 0.5) is 10.5 Å². The van der Waals surface area contributed by atoms with Crippen molar-refractivity contribution in [2.75, 3.05) is 18.5 Å². The Morgan fingerprint density at radius 2 is 1.90 bits per heavy atom. The third kappa shape index (κ3) is 8.06. The van der Waals surface area contributed by atoms with Crippen LogP contribution >= 0.6 is 0 Å². The van der Waals surface area contributed by atoms with Crippen molar-refractivity contribution in [3.8, 4) is 0 Å². The van der Waals surface area contributed by atoms with Crippen LogP contribution in [0.2, 0.25) is 0 Å². The van der Waals surface area contributed by atoms with E-state index in [9.17, 15) is 14.4 Å². The summed E-state index contributed by atoms with van der Waals surface area (Å²) in [7, 11) is 0. The van der Waals surface area contributed by atoms with E-state index in [1.165, 1.54) is 6.07 Å². The number of nitrogens with zero attached hydrogens (tertiary/aromatic N) is 1. The highest BCUT2D eigenvalue weighted by atomic mass is 16.5. The average Bonchev–Trinajstić information content (AvgIpc) is 2.79. The highest BCUT2D eigenvalue weighted by molar-refractivity contribution is 6.03. The van der Waals surface area contributed by atoms with Crippen LogP contribution in [0.15, 0.2) is 48.7 Å². The number of anilines is 1. The second-order valence-electron chi connectivity index (χ2n) is 6.90. The summed E-state index contributed by atoms with van der Waals surface area (Å²) in [6.45, 7) is 2.29. The molecule has 1 atom stereocenters. The Kier molecular flexibility index (Phi) is 9.96. The zero-order chi connectivity index (χ0) is 22.5. The summed E-state index contributed by atoms with van der Waals surface area (Å²) in [6, 6.07) is 11.9. The molecule has 31 heavy (non-hydrogen) atoms. The minimum absolute atomic E-state index is 0.0998. The molecule has 1 aromatic heterocycles. The van der Waals surface area contributed by atoms with E-state index in [4.69, 9.17) is 9.94 Å². The molecule has 166 valence electrons.